The average molecular weight is 412 g/mol. The third kappa shape index (κ3) is 3.84. The predicted molar refractivity (Wildman–Crippen MR) is 119 cm³/mol. The summed E-state index contributed by atoms with van der Waals surface area (Å²) >= 11 is 0. The van der Waals surface area contributed by atoms with E-state index in [0.717, 1.165) is 17.1 Å². The lowest BCUT2D eigenvalue weighted by molar-refractivity contribution is 0.0742. The molecule has 0 atom stereocenters. The minimum atomic E-state index is -0.481. The maximum Gasteiger partial charge on any atom is 0.256 e. The molecule has 0 bridgehead atoms. The molecule has 1 aliphatic heterocycles. The molecule has 0 aliphatic carbocycles. The standard InChI is InChI=1S/C25H21FN4O/c26-22-8-4-3-7-21(22)25(31)30-15-13-29(14-16-30)24-12-11-23(27-28-24)20-10-9-18-5-1-2-6-19(18)17-20/h1-12,17H,13-16H2. The fourth-order valence-corrected chi connectivity index (χ4v) is 3.94. The van der Waals surface area contributed by atoms with Gasteiger partial charge in [0, 0.05) is 31.7 Å². The van der Waals surface area contributed by atoms with Crippen molar-refractivity contribution in [1.29, 1.82) is 0 Å². The van der Waals surface area contributed by atoms with Gasteiger partial charge in [0.05, 0.1) is 11.3 Å². The summed E-state index contributed by atoms with van der Waals surface area (Å²) in [5, 5.41) is 11.2. The van der Waals surface area contributed by atoms with Crippen LogP contribution in [0.2, 0.25) is 0 Å². The van der Waals surface area contributed by atoms with Crippen molar-refractivity contribution in [3.05, 3.63) is 90.2 Å². The highest BCUT2D eigenvalue weighted by Gasteiger charge is 2.24. The van der Waals surface area contributed by atoms with Crippen molar-refractivity contribution in [3.8, 4) is 11.3 Å². The molecular weight excluding hydrogens is 391 g/mol. The summed E-state index contributed by atoms with van der Waals surface area (Å²) in [4.78, 5) is 16.4. The molecule has 0 spiro atoms. The van der Waals surface area contributed by atoms with Crippen LogP contribution in [0.3, 0.4) is 0 Å². The molecular formula is C25H21FN4O. The summed E-state index contributed by atoms with van der Waals surface area (Å²) in [6.07, 6.45) is 0. The normalized spacial score (nSPS) is 14.1. The molecule has 5 rings (SSSR count). The first kappa shape index (κ1) is 19.2. The van der Waals surface area contributed by atoms with E-state index in [2.05, 4.69) is 45.4 Å². The molecule has 1 fully saturated rings. The number of aromatic nitrogens is 2. The number of benzene rings is 3. The number of carbonyl (C=O) groups is 1. The van der Waals surface area contributed by atoms with Gasteiger partial charge >= 0.3 is 0 Å². The molecule has 0 radical (unpaired) electrons. The summed E-state index contributed by atoms with van der Waals surface area (Å²) < 4.78 is 13.9. The first-order chi connectivity index (χ1) is 15.2. The number of nitrogens with zero attached hydrogens (tertiary/aromatic N) is 4. The van der Waals surface area contributed by atoms with Gasteiger partial charge in [0.25, 0.3) is 5.91 Å². The minimum Gasteiger partial charge on any atom is -0.352 e. The lowest BCUT2D eigenvalue weighted by Gasteiger charge is -2.35. The first-order valence-corrected chi connectivity index (χ1v) is 10.3. The SMILES string of the molecule is O=C(c1ccccc1F)N1CCN(c2ccc(-c3ccc4ccccc4c3)nn2)CC1. The van der Waals surface area contributed by atoms with E-state index in [1.165, 1.54) is 22.9 Å². The van der Waals surface area contributed by atoms with Crippen molar-refractivity contribution in [1.82, 2.24) is 15.1 Å². The fourth-order valence-electron chi connectivity index (χ4n) is 3.94. The molecule has 154 valence electrons. The van der Waals surface area contributed by atoms with Crippen LogP contribution in [0, 0.1) is 5.82 Å². The molecule has 0 unspecified atom stereocenters. The summed E-state index contributed by atoms with van der Waals surface area (Å²) in [6.45, 7) is 2.29. The van der Waals surface area contributed by atoms with E-state index in [-0.39, 0.29) is 11.5 Å². The lowest BCUT2D eigenvalue weighted by atomic mass is 10.1. The van der Waals surface area contributed by atoms with Crippen molar-refractivity contribution in [2.45, 2.75) is 0 Å². The highest BCUT2D eigenvalue weighted by Crippen LogP contribution is 2.24. The number of fused-ring (bicyclic) bond motifs is 1. The van der Waals surface area contributed by atoms with Gasteiger partial charge in [-0.1, -0.05) is 48.5 Å². The van der Waals surface area contributed by atoms with Crippen LogP contribution in [-0.4, -0.2) is 47.2 Å². The Morgan fingerprint density at radius 3 is 2.26 bits per heavy atom. The van der Waals surface area contributed by atoms with Gasteiger partial charge in [-0.3, -0.25) is 4.79 Å². The number of anilines is 1. The minimum absolute atomic E-state index is 0.121. The van der Waals surface area contributed by atoms with E-state index in [4.69, 9.17) is 0 Å². The molecule has 1 amide bonds. The average Bonchev–Trinajstić information content (AvgIpc) is 2.84. The molecule has 31 heavy (non-hydrogen) atoms. The van der Waals surface area contributed by atoms with Gasteiger partial charge in [0.1, 0.15) is 5.82 Å². The predicted octanol–water partition coefficient (Wildman–Crippen LogP) is 4.40. The molecule has 5 nitrogen and oxygen atoms in total. The Balaban J connectivity index is 1.27. The van der Waals surface area contributed by atoms with Crippen molar-refractivity contribution in [2.75, 3.05) is 31.1 Å². The molecule has 0 saturated carbocycles. The highest BCUT2D eigenvalue weighted by molar-refractivity contribution is 5.94. The van der Waals surface area contributed by atoms with Crippen LogP contribution in [0.15, 0.2) is 78.9 Å². The van der Waals surface area contributed by atoms with Crippen LogP contribution in [0.4, 0.5) is 10.2 Å². The van der Waals surface area contributed by atoms with E-state index in [1.807, 2.05) is 24.3 Å². The second-order valence-corrected chi connectivity index (χ2v) is 7.60. The van der Waals surface area contributed by atoms with E-state index in [9.17, 15) is 9.18 Å². The molecule has 2 heterocycles. The smallest absolute Gasteiger partial charge is 0.256 e. The van der Waals surface area contributed by atoms with Gasteiger partial charge in [-0.25, -0.2) is 4.39 Å². The van der Waals surface area contributed by atoms with Crippen molar-refractivity contribution in [2.24, 2.45) is 0 Å². The zero-order chi connectivity index (χ0) is 21.2. The van der Waals surface area contributed by atoms with Crippen molar-refractivity contribution < 1.29 is 9.18 Å². The van der Waals surface area contributed by atoms with Gasteiger partial charge in [-0.05, 0) is 41.1 Å². The number of hydrogen-bond donors (Lipinski definition) is 0. The summed E-state index contributed by atoms with van der Waals surface area (Å²) in [5.74, 6) is 0.0306. The molecule has 1 aromatic heterocycles. The summed E-state index contributed by atoms with van der Waals surface area (Å²) in [7, 11) is 0. The molecule has 4 aromatic rings. The Morgan fingerprint density at radius 2 is 1.52 bits per heavy atom. The topological polar surface area (TPSA) is 49.3 Å². The van der Waals surface area contributed by atoms with Crippen LogP contribution in [-0.2, 0) is 0 Å². The van der Waals surface area contributed by atoms with Gasteiger partial charge in [-0.2, -0.15) is 0 Å². The molecule has 0 N–H and O–H groups in total. The number of amides is 1. The second kappa shape index (κ2) is 8.14. The maximum atomic E-state index is 13.9. The van der Waals surface area contributed by atoms with Crippen molar-refractivity contribution >= 4 is 22.5 Å². The van der Waals surface area contributed by atoms with Crippen LogP contribution < -0.4 is 4.90 Å². The molecule has 6 heteroatoms. The molecule has 1 saturated heterocycles. The largest absolute Gasteiger partial charge is 0.352 e. The number of hydrogen-bond acceptors (Lipinski definition) is 4. The van der Waals surface area contributed by atoms with Crippen molar-refractivity contribution in [3.63, 3.8) is 0 Å². The van der Waals surface area contributed by atoms with Crippen LogP contribution in [0.1, 0.15) is 10.4 Å². The van der Waals surface area contributed by atoms with Crippen LogP contribution in [0.25, 0.3) is 22.0 Å². The fraction of sp³-hybridized carbons (Fsp3) is 0.160. The Bertz CT molecular complexity index is 1230. The quantitative estimate of drug-likeness (QED) is 0.501. The number of rotatable bonds is 3. The lowest BCUT2D eigenvalue weighted by Crippen LogP contribution is -2.49. The van der Waals surface area contributed by atoms with Gasteiger partial charge in [0.2, 0.25) is 0 Å². The van der Waals surface area contributed by atoms with Gasteiger partial charge < -0.3 is 9.80 Å². The van der Waals surface area contributed by atoms with Gasteiger partial charge in [0.15, 0.2) is 5.82 Å². The zero-order valence-electron chi connectivity index (χ0n) is 16.9. The van der Waals surface area contributed by atoms with E-state index < -0.39 is 5.82 Å². The monoisotopic (exact) mass is 412 g/mol. The number of piperazine rings is 1. The van der Waals surface area contributed by atoms with Crippen LogP contribution >= 0.6 is 0 Å². The summed E-state index contributed by atoms with van der Waals surface area (Å²) in [6, 6.07) is 24.5. The highest BCUT2D eigenvalue weighted by atomic mass is 19.1. The Kier molecular flexibility index (Phi) is 5.04. The maximum absolute atomic E-state index is 13.9. The number of carbonyl (C=O) groups excluding carboxylic acids is 1. The third-order valence-electron chi connectivity index (χ3n) is 5.69. The Labute approximate surface area is 179 Å². The van der Waals surface area contributed by atoms with Crippen LogP contribution in [0.5, 0.6) is 0 Å². The Hall–Kier alpha value is -3.80. The molecule has 1 aliphatic rings. The van der Waals surface area contributed by atoms with E-state index in [1.54, 1.807) is 17.0 Å². The van der Waals surface area contributed by atoms with Gasteiger partial charge in [-0.15, -0.1) is 10.2 Å². The van der Waals surface area contributed by atoms with E-state index >= 15 is 0 Å². The third-order valence-corrected chi connectivity index (χ3v) is 5.69. The zero-order valence-corrected chi connectivity index (χ0v) is 16.9. The Morgan fingerprint density at radius 1 is 0.774 bits per heavy atom. The van der Waals surface area contributed by atoms with E-state index in [0.29, 0.717) is 26.2 Å². The summed E-state index contributed by atoms with van der Waals surface area (Å²) in [5.41, 5.74) is 1.97. The number of halogens is 1. The second-order valence-electron chi connectivity index (χ2n) is 7.60. The molecule has 3 aromatic carbocycles. The first-order valence-electron chi connectivity index (χ1n) is 10.3.